The van der Waals surface area contributed by atoms with E-state index in [9.17, 15) is 28.9 Å². The number of benzene rings is 2. The van der Waals surface area contributed by atoms with Gasteiger partial charge in [0.1, 0.15) is 5.82 Å². The number of rotatable bonds is 7. The maximum absolute atomic E-state index is 14.0. The molecular weight excluding hydrogens is 391 g/mol. The zero-order valence-electron chi connectivity index (χ0n) is 14.9. The van der Waals surface area contributed by atoms with Crippen molar-refractivity contribution in [1.82, 2.24) is 0 Å². The molecule has 0 saturated heterocycles. The number of anilines is 1. The Kier molecular flexibility index (Phi) is 6.83. The fraction of sp³-hybridized carbons (Fsp3) is 0.167. The average Bonchev–Trinajstić information content (AvgIpc) is 2.64. The van der Waals surface area contributed by atoms with Gasteiger partial charge in [-0.2, -0.15) is 0 Å². The summed E-state index contributed by atoms with van der Waals surface area (Å²) in [4.78, 5) is 45.9. The van der Waals surface area contributed by atoms with Crippen LogP contribution >= 0.6 is 11.8 Å². The molecule has 1 amide bonds. The summed E-state index contributed by atoms with van der Waals surface area (Å²) in [6.45, 7) is 0.514. The molecule has 0 aliphatic heterocycles. The smallest absolute Gasteiger partial charge is 0.338 e. The van der Waals surface area contributed by atoms with Crippen molar-refractivity contribution < 1.29 is 28.4 Å². The van der Waals surface area contributed by atoms with Gasteiger partial charge in [-0.15, -0.1) is 11.8 Å². The number of carbonyl (C=O) groups is 3. The van der Waals surface area contributed by atoms with Crippen molar-refractivity contribution in [1.29, 1.82) is 0 Å². The van der Waals surface area contributed by atoms with Crippen LogP contribution in [0, 0.1) is 15.9 Å². The van der Waals surface area contributed by atoms with Gasteiger partial charge in [-0.3, -0.25) is 19.7 Å². The van der Waals surface area contributed by atoms with Gasteiger partial charge in [-0.05, 0) is 36.6 Å². The number of thioether (sulfide) groups is 1. The Hall–Kier alpha value is -3.27. The molecule has 0 bridgehead atoms. The van der Waals surface area contributed by atoms with E-state index in [1.165, 1.54) is 25.1 Å². The molecule has 2 rings (SSSR count). The molecule has 10 heteroatoms. The van der Waals surface area contributed by atoms with Crippen molar-refractivity contribution in [3.05, 3.63) is 63.5 Å². The molecule has 0 atom stereocenters. The third kappa shape index (κ3) is 5.13. The molecule has 0 saturated carbocycles. The highest BCUT2D eigenvalue weighted by atomic mass is 32.2. The van der Waals surface area contributed by atoms with E-state index in [0.29, 0.717) is 4.90 Å². The molecule has 1 N–H and O–H groups in total. The number of halogens is 1. The summed E-state index contributed by atoms with van der Waals surface area (Å²) in [7, 11) is 0. The molecular formula is C18H15FN2O6S. The standard InChI is InChI=1S/C18H15FN2O6S/c1-10(22)20-12-4-5-13(14(19)8-12)16(23)9-27-18(24)11-3-6-17(28-2)15(7-11)21(25)26/h3-8H,9H2,1-2H3,(H,20,22). The van der Waals surface area contributed by atoms with E-state index in [4.69, 9.17) is 4.74 Å². The van der Waals surface area contributed by atoms with Gasteiger partial charge < -0.3 is 10.1 Å². The highest BCUT2D eigenvalue weighted by Crippen LogP contribution is 2.28. The normalized spacial score (nSPS) is 10.2. The number of hydrogen-bond donors (Lipinski definition) is 1. The van der Waals surface area contributed by atoms with Crippen LogP contribution < -0.4 is 5.32 Å². The van der Waals surface area contributed by atoms with E-state index in [2.05, 4.69) is 5.32 Å². The van der Waals surface area contributed by atoms with Gasteiger partial charge in [-0.25, -0.2) is 9.18 Å². The van der Waals surface area contributed by atoms with Crippen molar-refractivity contribution in [3.63, 3.8) is 0 Å². The van der Waals surface area contributed by atoms with Crippen molar-refractivity contribution in [2.75, 3.05) is 18.2 Å². The number of nitro benzene ring substituents is 1. The number of ether oxygens (including phenoxy) is 1. The summed E-state index contributed by atoms with van der Waals surface area (Å²) in [5.74, 6) is -3.02. The molecule has 2 aromatic carbocycles. The summed E-state index contributed by atoms with van der Waals surface area (Å²) >= 11 is 1.15. The summed E-state index contributed by atoms with van der Waals surface area (Å²) in [6.07, 6.45) is 1.66. The lowest BCUT2D eigenvalue weighted by atomic mass is 10.1. The first-order chi connectivity index (χ1) is 13.2. The number of nitro groups is 1. The fourth-order valence-electron chi connectivity index (χ4n) is 2.27. The van der Waals surface area contributed by atoms with Crippen molar-refractivity contribution in [3.8, 4) is 0 Å². The van der Waals surface area contributed by atoms with Crippen molar-refractivity contribution >= 4 is 40.8 Å². The molecule has 8 nitrogen and oxygen atoms in total. The SMILES string of the molecule is CSc1ccc(C(=O)OCC(=O)c2ccc(NC(C)=O)cc2F)cc1[N+](=O)[O-]. The molecule has 0 aromatic heterocycles. The van der Waals surface area contributed by atoms with E-state index in [1.54, 1.807) is 6.26 Å². The number of ketones is 1. The van der Waals surface area contributed by atoms with Crippen LogP contribution in [0.5, 0.6) is 0 Å². The zero-order valence-corrected chi connectivity index (χ0v) is 15.7. The molecule has 0 aliphatic carbocycles. The van der Waals surface area contributed by atoms with Crippen LogP contribution in [-0.4, -0.2) is 35.4 Å². The summed E-state index contributed by atoms with van der Waals surface area (Å²) < 4.78 is 18.9. The minimum atomic E-state index is -0.945. The van der Waals surface area contributed by atoms with Crippen LogP contribution in [-0.2, 0) is 9.53 Å². The second-order valence-electron chi connectivity index (χ2n) is 5.52. The molecule has 28 heavy (non-hydrogen) atoms. The minimum Gasteiger partial charge on any atom is -0.454 e. The molecule has 0 aliphatic rings. The highest BCUT2D eigenvalue weighted by molar-refractivity contribution is 7.98. The molecule has 0 spiro atoms. The van der Waals surface area contributed by atoms with Crippen molar-refractivity contribution in [2.24, 2.45) is 0 Å². The number of esters is 1. The van der Waals surface area contributed by atoms with E-state index in [-0.39, 0.29) is 22.5 Å². The van der Waals surface area contributed by atoms with Crippen LogP contribution in [0.1, 0.15) is 27.6 Å². The van der Waals surface area contributed by atoms with Gasteiger partial charge >= 0.3 is 5.97 Å². The molecule has 146 valence electrons. The van der Waals surface area contributed by atoms with Crippen molar-refractivity contribution in [2.45, 2.75) is 11.8 Å². The molecule has 0 heterocycles. The fourth-order valence-corrected chi connectivity index (χ4v) is 2.82. The number of carbonyl (C=O) groups excluding carboxylic acids is 3. The Labute approximate surface area is 163 Å². The second-order valence-corrected chi connectivity index (χ2v) is 6.37. The maximum atomic E-state index is 14.0. The largest absolute Gasteiger partial charge is 0.454 e. The van der Waals surface area contributed by atoms with Crippen LogP contribution in [0.25, 0.3) is 0 Å². The average molecular weight is 406 g/mol. The summed E-state index contributed by atoms with van der Waals surface area (Å²) in [5, 5.41) is 13.4. The van der Waals surface area contributed by atoms with E-state index < -0.39 is 35.0 Å². The number of nitrogens with zero attached hydrogens (tertiary/aromatic N) is 1. The Bertz CT molecular complexity index is 963. The highest BCUT2D eigenvalue weighted by Gasteiger charge is 2.20. The van der Waals surface area contributed by atoms with E-state index >= 15 is 0 Å². The first-order valence-electron chi connectivity index (χ1n) is 7.82. The number of amides is 1. The Morgan fingerprint density at radius 1 is 1.21 bits per heavy atom. The Morgan fingerprint density at radius 2 is 1.93 bits per heavy atom. The lowest BCUT2D eigenvalue weighted by Crippen LogP contribution is -2.16. The van der Waals surface area contributed by atoms with Crippen LogP contribution in [0.2, 0.25) is 0 Å². The lowest BCUT2D eigenvalue weighted by Gasteiger charge is -2.08. The minimum absolute atomic E-state index is 0.0984. The summed E-state index contributed by atoms with van der Waals surface area (Å²) in [5.41, 5.74) is -0.489. The van der Waals surface area contributed by atoms with Gasteiger partial charge in [0.15, 0.2) is 6.61 Å². The lowest BCUT2D eigenvalue weighted by molar-refractivity contribution is -0.387. The van der Waals surface area contributed by atoms with Gasteiger partial charge in [0.05, 0.1) is 20.9 Å². The summed E-state index contributed by atoms with van der Waals surface area (Å²) in [6, 6.07) is 7.28. The van der Waals surface area contributed by atoms with E-state index in [1.807, 2.05) is 0 Å². The first-order valence-corrected chi connectivity index (χ1v) is 9.05. The predicted molar refractivity (Wildman–Crippen MR) is 100 cm³/mol. The molecule has 0 unspecified atom stereocenters. The van der Waals surface area contributed by atoms with Crippen LogP contribution in [0.3, 0.4) is 0 Å². The zero-order chi connectivity index (χ0) is 20.8. The molecule has 0 fully saturated rings. The monoisotopic (exact) mass is 406 g/mol. The number of nitrogens with one attached hydrogen (secondary N) is 1. The number of Topliss-reactive ketones (excluding diaryl/α,β-unsaturated/α-hetero) is 1. The predicted octanol–water partition coefficient (Wildman–Crippen LogP) is 3.45. The van der Waals surface area contributed by atoms with Gasteiger partial charge in [0.2, 0.25) is 11.7 Å². The third-order valence-corrected chi connectivity index (χ3v) is 4.32. The van der Waals surface area contributed by atoms with Gasteiger partial charge in [-0.1, -0.05) is 0 Å². The Morgan fingerprint density at radius 3 is 2.50 bits per heavy atom. The van der Waals surface area contributed by atoms with Gasteiger partial charge in [0, 0.05) is 18.7 Å². The first kappa shape index (κ1) is 21.0. The quantitative estimate of drug-likeness (QED) is 0.246. The Balaban J connectivity index is 2.08. The van der Waals surface area contributed by atoms with E-state index in [0.717, 1.165) is 30.0 Å². The third-order valence-electron chi connectivity index (χ3n) is 3.54. The molecule has 0 radical (unpaired) electrons. The maximum Gasteiger partial charge on any atom is 0.338 e. The van der Waals surface area contributed by atoms with Gasteiger partial charge in [0.25, 0.3) is 5.69 Å². The number of hydrogen-bond acceptors (Lipinski definition) is 7. The topological polar surface area (TPSA) is 116 Å². The second kappa shape index (κ2) is 9.09. The van der Waals surface area contributed by atoms with Crippen LogP contribution in [0.15, 0.2) is 41.3 Å². The van der Waals surface area contributed by atoms with Crippen LogP contribution in [0.4, 0.5) is 15.8 Å². The molecule has 2 aromatic rings.